The minimum absolute atomic E-state index is 0.324. The molecule has 0 bridgehead atoms. The highest BCUT2D eigenvalue weighted by Gasteiger charge is 2.41. The molecule has 34 heavy (non-hydrogen) atoms. The van der Waals surface area contributed by atoms with Crippen LogP contribution in [0.1, 0.15) is 28.8 Å². The smallest absolute Gasteiger partial charge is 0.226 e. The van der Waals surface area contributed by atoms with Crippen molar-refractivity contribution in [3.05, 3.63) is 101 Å². The average molecular weight is 456 g/mol. The number of nitrogens with one attached hydrogen (secondary N) is 1. The largest absolute Gasteiger partial charge is 0.493 e. The molecule has 170 valence electrons. The topological polar surface area (TPSA) is 70.4 Å². The average Bonchev–Trinajstić information content (AvgIpc) is 3.35. The summed E-state index contributed by atoms with van der Waals surface area (Å²) in [5.41, 5.74) is 4.29. The van der Waals surface area contributed by atoms with E-state index in [-0.39, 0.29) is 11.9 Å². The van der Waals surface area contributed by atoms with Crippen LogP contribution in [0.15, 0.2) is 78.6 Å². The summed E-state index contributed by atoms with van der Waals surface area (Å²) >= 11 is 0. The van der Waals surface area contributed by atoms with E-state index in [9.17, 15) is 4.39 Å². The summed E-state index contributed by atoms with van der Waals surface area (Å²) in [5.74, 6) is 2.21. The predicted octanol–water partition coefficient (Wildman–Crippen LogP) is 4.99. The van der Waals surface area contributed by atoms with Crippen LogP contribution in [-0.4, -0.2) is 29.0 Å². The highest BCUT2D eigenvalue weighted by atomic mass is 19.1. The van der Waals surface area contributed by atoms with Gasteiger partial charge in [-0.1, -0.05) is 30.3 Å². The normalized spacial score (nSPS) is 18.2. The van der Waals surface area contributed by atoms with Crippen molar-refractivity contribution in [3.8, 4) is 17.2 Å². The van der Waals surface area contributed by atoms with Crippen LogP contribution < -0.4 is 19.5 Å². The van der Waals surface area contributed by atoms with Gasteiger partial charge in [-0.05, 0) is 47.5 Å². The van der Waals surface area contributed by atoms with Crippen LogP contribution in [0.4, 0.5) is 10.3 Å². The number of nitrogens with zero attached hydrogens (tertiary/aromatic N) is 3. The molecular weight excluding hydrogens is 435 g/mol. The molecule has 8 heteroatoms. The molecule has 3 aromatic carbocycles. The van der Waals surface area contributed by atoms with Crippen molar-refractivity contribution < 1.29 is 18.6 Å². The van der Waals surface area contributed by atoms with E-state index in [0.717, 1.165) is 22.4 Å². The van der Waals surface area contributed by atoms with E-state index in [1.54, 1.807) is 20.3 Å². The van der Waals surface area contributed by atoms with Gasteiger partial charge in [0.2, 0.25) is 5.95 Å². The number of anilines is 1. The van der Waals surface area contributed by atoms with Crippen LogP contribution in [0, 0.1) is 5.82 Å². The molecule has 6 rings (SSSR count). The lowest BCUT2D eigenvalue weighted by Gasteiger charge is -2.39. The lowest BCUT2D eigenvalue weighted by atomic mass is 9.84. The monoisotopic (exact) mass is 456 g/mol. The first-order valence-electron chi connectivity index (χ1n) is 10.8. The lowest BCUT2D eigenvalue weighted by Crippen LogP contribution is -2.32. The second kappa shape index (κ2) is 7.91. The quantitative estimate of drug-likeness (QED) is 0.466. The minimum atomic E-state index is -0.552. The van der Waals surface area contributed by atoms with Gasteiger partial charge in [-0.2, -0.15) is 10.1 Å². The van der Waals surface area contributed by atoms with Gasteiger partial charge in [-0.25, -0.2) is 9.07 Å². The number of rotatable bonds is 4. The Labute approximate surface area is 195 Å². The number of ether oxygens (including phenoxy) is 3. The van der Waals surface area contributed by atoms with E-state index in [2.05, 4.69) is 15.4 Å². The SMILES string of the molecule is COc1ccc([C@H]2C3=C(Nc4ncnn42)c2ccccc2O[C@@H]3c2cccc(F)c2)cc1OC. The van der Waals surface area contributed by atoms with Crippen molar-refractivity contribution in [3.63, 3.8) is 0 Å². The second-order valence-corrected chi connectivity index (χ2v) is 8.05. The predicted molar refractivity (Wildman–Crippen MR) is 124 cm³/mol. The minimum Gasteiger partial charge on any atom is -0.493 e. The third-order valence-electron chi connectivity index (χ3n) is 6.20. The van der Waals surface area contributed by atoms with Gasteiger partial charge in [0.1, 0.15) is 30.0 Å². The fraction of sp³-hybridized carbons (Fsp3) is 0.154. The maximum absolute atomic E-state index is 14.3. The van der Waals surface area contributed by atoms with Crippen molar-refractivity contribution in [2.75, 3.05) is 19.5 Å². The highest BCUT2D eigenvalue weighted by molar-refractivity contribution is 5.85. The van der Waals surface area contributed by atoms with Crippen LogP contribution in [-0.2, 0) is 0 Å². The van der Waals surface area contributed by atoms with Gasteiger partial charge in [0.05, 0.1) is 19.9 Å². The van der Waals surface area contributed by atoms with Crippen LogP contribution in [0.3, 0.4) is 0 Å². The van der Waals surface area contributed by atoms with Crippen LogP contribution in [0.5, 0.6) is 17.2 Å². The molecule has 1 aromatic heterocycles. The molecule has 0 amide bonds. The van der Waals surface area contributed by atoms with Crippen LogP contribution in [0.2, 0.25) is 0 Å². The molecular formula is C26H21FN4O3. The molecule has 0 saturated carbocycles. The second-order valence-electron chi connectivity index (χ2n) is 8.05. The Kier molecular flexibility index (Phi) is 4.72. The summed E-state index contributed by atoms with van der Waals surface area (Å²) < 4.78 is 33.6. The van der Waals surface area contributed by atoms with Gasteiger partial charge in [0, 0.05) is 11.1 Å². The number of hydrogen-bond donors (Lipinski definition) is 1. The van der Waals surface area contributed by atoms with E-state index in [1.165, 1.54) is 18.5 Å². The molecule has 7 nitrogen and oxygen atoms in total. The number of para-hydroxylation sites is 1. The van der Waals surface area contributed by atoms with Crippen molar-refractivity contribution in [1.82, 2.24) is 14.8 Å². The number of methoxy groups -OCH3 is 2. The van der Waals surface area contributed by atoms with E-state index < -0.39 is 6.10 Å². The molecule has 0 saturated heterocycles. The summed E-state index contributed by atoms with van der Waals surface area (Å²) in [6.45, 7) is 0. The summed E-state index contributed by atoms with van der Waals surface area (Å²) in [6, 6.07) is 19.7. The molecule has 0 radical (unpaired) electrons. The third-order valence-corrected chi connectivity index (χ3v) is 6.20. The van der Waals surface area contributed by atoms with E-state index in [4.69, 9.17) is 14.2 Å². The zero-order valence-electron chi connectivity index (χ0n) is 18.5. The Morgan fingerprint density at radius 3 is 2.62 bits per heavy atom. The van der Waals surface area contributed by atoms with Crippen molar-refractivity contribution in [2.24, 2.45) is 0 Å². The van der Waals surface area contributed by atoms with E-state index >= 15 is 0 Å². The van der Waals surface area contributed by atoms with Crippen molar-refractivity contribution >= 4 is 11.6 Å². The highest BCUT2D eigenvalue weighted by Crippen LogP contribution is 2.51. The Bertz CT molecular complexity index is 1430. The summed E-state index contributed by atoms with van der Waals surface area (Å²) in [4.78, 5) is 4.43. The molecule has 1 N–H and O–H groups in total. The van der Waals surface area contributed by atoms with Crippen LogP contribution >= 0.6 is 0 Å². The maximum atomic E-state index is 14.3. The van der Waals surface area contributed by atoms with Crippen molar-refractivity contribution in [1.29, 1.82) is 0 Å². The number of halogens is 1. The molecule has 2 atom stereocenters. The third kappa shape index (κ3) is 3.10. The molecule has 0 unspecified atom stereocenters. The first kappa shape index (κ1) is 20.3. The van der Waals surface area contributed by atoms with E-state index in [0.29, 0.717) is 28.8 Å². The molecule has 0 spiro atoms. The molecule has 3 heterocycles. The number of aromatic nitrogens is 3. The van der Waals surface area contributed by atoms with Crippen LogP contribution in [0.25, 0.3) is 5.70 Å². The Hall–Kier alpha value is -4.33. The summed E-state index contributed by atoms with van der Waals surface area (Å²) in [7, 11) is 3.20. The number of hydrogen-bond acceptors (Lipinski definition) is 6. The number of benzene rings is 3. The zero-order chi connectivity index (χ0) is 23.2. The molecule has 4 aromatic rings. The molecule has 0 aliphatic carbocycles. The van der Waals surface area contributed by atoms with Crippen molar-refractivity contribution in [2.45, 2.75) is 12.1 Å². The number of fused-ring (bicyclic) bond motifs is 3. The summed E-state index contributed by atoms with van der Waals surface area (Å²) in [5, 5.41) is 7.95. The van der Waals surface area contributed by atoms with Gasteiger partial charge < -0.3 is 19.5 Å². The lowest BCUT2D eigenvalue weighted by molar-refractivity contribution is 0.222. The van der Waals surface area contributed by atoms with E-state index in [1.807, 2.05) is 53.2 Å². The molecule has 2 aliphatic heterocycles. The Balaban J connectivity index is 1.62. The zero-order valence-corrected chi connectivity index (χ0v) is 18.5. The summed E-state index contributed by atoms with van der Waals surface area (Å²) in [6.07, 6.45) is 0.960. The van der Waals surface area contributed by atoms with Gasteiger partial charge in [0.15, 0.2) is 11.5 Å². The fourth-order valence-electron chi connectivity index (χ4n) is 4.71. The van der Waals surface area contributed by atoms with Gasteiger partial charge in [0.25, 0.3) is 0 Å². The Morgan fingerprint density at radius 1 is 0.941 bits per heavy atom. The van der Waals surface area contributed by atoms with Gasteiger partial charge in [-0.3, -0.25) is 0 Å². The van der Waals surface area contributed by atoms with Gasteiger partial charge in [-0.15, -0.1) is 0 Å². The Morgan fingerprint density at radius 2 is 1.79 bits per heavy atom. The first-order chi connectivity index (χ1) is 16.7. The fourth-order valence-corrected chi connectivity index (χ4v) is 4.71. The first-order valence-corrected chi connectivity index (χ1v) is 10.8. The molecule has 0 fully saturated rings. The standard InChI is InChI=1S/C26H21FN4O3/c1-32-20-11-10-15(13-21(20)33-2)24-22-23(30-26-28-14-29-31(24)26)18-8-3-4-9-19(18)34-25(22)16-6-5-7-17(27)12-16/h3-14,24-25H,1-2H3,(H,28,29,30)/t24-,25+/m0/s1. The van der Waals surface area contributed by atoms with Gasteiger partial charge >= 0.3 is 0 Å². The molecule has 2 aliphatic rings. The maximum Gasteiger partial charge on any atom is 0.226 e.